The van der Waals surface area contributed by atoms with Crippen molar-refractivity contribution >= 4 is 12.1 Å². The first-order chi connectivity index (χ1) is 15.6. The SMILES string of the molecule is CCCCCCNC(=O)[N+](NC(=O)N(CCCCCC)CCCCCC)C1CCCCC1. The zero-order valence-electron chi connectivity index (χ0n) is 21.4. The van der Waals surface area contributed by atoms with E-state index in [4.69, 9.17) is 0 Å². The smallest absolute Gasteiger partial charge is 0.321 e. The monoisotopic (exact) mass is 452 g/mol. The average Bonchev–Trinajstić information content (AvgIpc) is 2.81. The number of nitrogens with one attached hydrogen (secondary N) is 2. The number of urea groups is 2. The third kappa shape index (κ3) is 12.7. The van der Waals surface area contributed by atoms with Crippen LogP contribution in [0.2, 0.25) is 0 Å². The molecular weight excluding hydrogens is 400 g/mol. The summed E-state index contributed by atoms with van der Waals surface area (Å²) in [7, 11) is 0. The fourth-order valence-electron chi connectivity index (χ4n) is 4.43. The molecule has 187 valence electrons. The quantitative estimate of drug-likeness (QED) is 0.153. The summed E-state index contributed by atoms with van der Waals surface area (Å²) in [6.07, 6.45) is 19.1. The number of hydrazine groups is 1. The summed E-state index contributed by atoms with van der Waals surface area (Å²) in [5, 5.41) is 4.69. The molecule has 0 bridgehead atoms. The van der Waals surface area contributed by atoms with Crippen LogP contribution < -0.4 is 15.8 Å². The third-order valence-corrected chi connectivity index (χ3v) is 6.53. The maximum atomic E-state index is 13.2. The van der Waals surface area contributed by atoms with Crippen molar-refractivity contribution < 1.29 is 9.59 Å². The summed E-state index contributed by atoms with van der Waals surface area (Å²) in [6, 6.07) is -0.145. The van der Waals surface area contributed by atoms with Crippen molar-refractivity contribution in [1.29, 1.82) is 0 Å². The Balaban J connectivity index is 2.70. The minimum Gasteiger partial charge on any atom is -0.321 e. The molecule has 0 saturated heterocycles. The van der Waals surface area contributed by atoms with Gasteiger partial charge in [0.05, 0.1) is 0 Å². The first kappa shape index (κ1) is 28.7. The molecule has 0 aromatic rings. The Hall–Kier alpha value is -1.30. The van der Waals surface area contributed by atoms with Crippen LogP contribution in [0.4, 0.5) is 9.59 Å². The van der Waals surface area contributed by atoms with E-state index >= 15 is 0 Å². The van der Waals surface area contributed by atoms with Crippen LogP contribution in [0.25, 0.3) is 0 Å². The van der Waals surface area contributed by atoms with Crippen molar-refractivity contribution in [2.24, 2.45) is 0 Å². The molecule has 0 unspecified atom stereocenters. The second kappa shape index (κ2) is 19.2. The summed E-state index contributed by atoms with van der Waals surface area (Å²) in [5.74, 6) is 0. The lowest BCUT2D eigenvalue weighted by molar-refractivity contribution is 0.152. The van der Waals surface area contributed by atoms with Gasteiger partial charge in [0.2, 0.25) is 0 Å². The van der Waals surface area contributed by atoms with E-state index in [1.54, 1.807) is 5.01 Å². The largest absolute Gasteiger partial charge is 0.493 e. The summed E-state index contributed by atoms with van der Waals surface area (Å²) >= 11 is 0. The van der Waals surface area contributed by atoms with Gasteiger partial charge in [0.25, 0.3) is 0 Å². The number of hydrogen-bond acceptors (Lipinski definition) is 2. The fraction of sp³-hybridized carbons (Fsp3) is 0.923. The van der Waals surface area contributed by atoms with Crippen LogP contribution in [0.5, 0.6) is 0 Å². The lowest BCUT2D eigenvalue weighted by Crippen LogP contribution is -2.63. The number of carbonyl (C=O) groups is 2. The van der Waals surface area contributed by atoms with E-state index in [1.807, 2.05) is 4.90 Å². The van der Waals surface area contributed by atoms with Gasteiger partial charge >= 0.3 is 12.1 Å². The maximum absolute atomic E-state index is 13.2. The maximum Gasteiger partial charge on any atom is 0.493 e. The molecule has 0 aromatic heterocycles. The molecule has 0 aromatic carbocycles. The van der Waals surface area contributed by atoms with Gasteiger partial charge in [-0.3, -0.25) is 5.32 Å². The summed E-state index contributed by atoms with van der Waals surface area (Å²) < 4.78 is 0. The number of nitrogens with zero attached hydrogens (tertiary/aromatic N) is 2. The van der Waals surface area contributed by atoms with E-state index < -0.39 is 0 Å². The first-order valence-corrected chi connectivity index (χ1v) is 13.8. The average molecular weight is 453 g/mol. The van der Waals surface area contributed by atoms with Crippen molar-refractivity contribution in [1.82, 2.24) is 20.7 Å². The van der Waals surface area contributed by atoms with Crippen molar-refractivity contribution in [2.75, 3.05) is 19.6 Å². The van der Waals surface area contributed by atoms with Crippen molar-refractivity contribution in [3.05, 3.63) is 0 Å². The van der Waals surface area contributed by atoms with Gasteiger partial charge in [-0.05, 0) is 32.1 Å². The molecular formula is C26H52N4O2+. The second-order valence-corrected chi connectivity index (χ2v) is 9.48. The number of rotatable bonds is 16. The zero-order chi connectivity index (χ0) is 23.4. The van der Waals surface area contributed by atoms with Crippen LogP contribution in [0.15, 0.2) is 0 Å². The Kier molecular flexibility index (Phi) is 17.2. The van der Waals surface area contributed by atoms with Crippen LogP contribution in [-0.2, 0) is 0 Å². The highest BCUT2D eigenvalue weighted by atomic mass is 16.2. The molecule has 1 saturated carbocycles. The Labute approximate surface area is 198 Å². The number of carbonyl (C=O) groups excluding carboxylic acids is 2. The predicted molar refractivity (Wildman–Crippen MR) is 135 cm³/mol. The molecule has 4 amide bonds. The summed E-state index contributed by atoms with van der Waals surface area (Å²) in [6.45, 7) is 8.82. The molecule has 1 aliphatic carbocycles. The summed E-state index contributed by atoms with van der Waals surface area (Å²) in [5.41, 5.74) is 3.03. The molecule has 0 spiro atoms. The van der Waals surface area contributed by atoms with Crippen LogP contribution in [0.3, 0.4) is 0 Å². The van der Waals surface area contributed by atoms with Crippen LogP contribution >= 0.6 is 0 Å². The number of amides is 4. The highest BCUT2D eigenvalue weighted by Gasteiger charge is 2.40. The lowest BCUT2D eigenvalue weighted by atomic mass is 9.95. The molecule has 6 heteroatoms. The molecule has 2 N–H and O–H groups in total. The number of hydrogen-bond donors (Lipinski definition) is 2. The normalized spacial score (nSPS) is 14.5. The van der Waals surface area contributed by atoms with E-state index in [1.165, 1.54) is 44.9 Å². The van der Waals surface area contributed by atoms with Gasteiger partial charge in [-0.25, -0.2) is 4.79 Å². The van der Waals surface area contributed by atoms with Crippen LogP contribution in [0.1, 0.15) is 130 Å². The molecule has 32 heavy (non-hydrogen) atoms. The number of unbranched alkanes of at least 4 members (excludes halogenated alkanes) is 9. The van der Waals surface area contributed by atoms with Gasteiger partial charge in [0, 0.05) is 37.5 Å². The van der Waals surface area contributed by atoms with Gasteiger partial charge in [0.15, 0.2) is 6.04 Å². The molecule has 0 aliphatic heterocycles. The predicted octanol–water partition coefficient (Wildman–Crippen LogP) is 6.84. The summed E-state index contributed by atoms with van der Waals surface area (Å²) in [4.78, 5) is 28.2. The fourth-order valence-corrected chi connectivity index (χ4v) is 4.43. The van der Waals surface area contributed by atoms with Crippen molar-refractivity contribution in [2.45, 2.75) is 136 Å². The Morgan fingerprint density at radius 3 is 1.81 bits per heavy atom. The molecule has 0 atom stereocenters. The van der Waals surface area contributed by atoms with E-state index in [0.717, 1.165) is 77.3 Å². The molecule has 0 heterocycles. The van der Waals surface area contributed by atoms with Gasteiger partial charge in [-0.2, -0.15) is 4.79 Å². The van der Waals surface area contributed by atoms with Gasteiger partial charge < -0.3 is 4.90 Å². The lowest BCUT2D eigenvalue weighted by Gasteiger charge is -2.26. The molecule has 1 rings (SSSR count). The standard InChI is InChI=1S/C26H52N4O2/c1-4-7-10-16-21-27-25(31)30(24-19-14-13-15-20-24)28-26(32)29(22-17-11-8-5-2)23-18-12-9-6-3/h24H,4-23H2,1-3H3,(H,27,31)(H,28,32)/q+1. The van der Waals surface area contributed by atoms with E-state index in [-0.39, 0.29) is 18.1 Å². The first-order valence-electron chi connectivity index (χ1n) is 13.8. The highest BCUT2D eigenvalue weighted by Crippen LogP contribution is 2.20. The van der Waals surface area contributed by atoms with Gasteiger partial charge in [-0.15, -0.1) is 5.43 Å². The molecule has 1 aliphatic rings. The Morgan fingerprint density at radius 1 is 0.750 bits per heavy atom. The minimum absolute atomic E-state index is 0.102. The molecule has 1 fully saturated rings. The topological polar surface area (TPSA) is 67.3 Å². The Morgan fingerprint density at radius 2 is 1.28 bits per heavy atom. The van der Waals surface area contributed by atoms with E-state index in [9.17, 15) is 9.59 Å². The minimum atomic E-state index is -0.140. The molecule has 6 nitrogen and oxygen atoms in total. The highest BCUT2D eigenvalue weighted by molar-refractivity contribution is 5.82. The van der Waals surface area contributed by atoms with Crippen molar-refractivity contribution in [3.63, 3.8) is 0 Å². The molecule has 1 radical (unpaired) electrons. The zero-order valence-corrected chi connectivity index (χ0v) is 21.4. The Bertz CT molecular complexity index is 468. The van der Waals surface area contributed by atoms with Crippen LogP contribution in [-0.4, -0.2) is 42.6 Å². The third-order valence-electron chi connectivity index (χ3n) is 6.53. The van der Waals surface area contributed by atoms with Gasteiger partial charge in [0.1, 0.15) is 0 Å². The van der Waals surface area contributed by atoms with Gasteiger partial charge in [-0.1, -0.05) is 85.0 Å². The second-order valence-electron chi connectivity index (χ2n) is 9.48. The van der Waals surface area contributed by atoms with Crippen molar-refractivity contribution in [3.8, 4) is 0 Å². The van der Waals surface area contributed by atoms with E-state index in [0.29, 0.717) is 6.54 Å². The van der Waals surface area contributed by atoms with Crippen LogP contribution in [0, 0.1) is 0 Å². The van der Waals surface area contributed by atoms with E-state index in [2.05, 4.69) is 31.5 Å².